The molecule has 0 aliphatic carbocycles. The van der Waals surface area contributed by atoms with Gasteiger partial charge in [-0.05, 0) is 35.4 Å². The minimum Gasteiger partial charge on any atom is -0.366 e. The Morgan fingerprint density at radius 3 is 2.25 bits per heavy atom. The van der Waals surface area contributed by atoms with Crippen molar-refractivity contribution in [2.45, 2.75) is 13.1 Å². The molecular formula is C23H21N5. The quantitative estimate of drug-likeness (QED) is 0.507. The number of para-hydroxylation sites is 1. The van der Waals surface area contributed by atoms with E-state index < -0.39 is 0 Å². The minimum atomic E-state index is 0.659. The van der Waals surface area contributed by atoms with Gasteiger partial charge < -0.3 is 10.2 Å². The summed E-state index contributed by atoms with van der Waals surface area (Å²) in [6.07, 6.45) is 5.41. The molecule has 0 amide bonds. The van der Waals surface area contributed by atoms with Crippen molar-refractivity contribution in [1.82, 2.24) is 15.0 Å². The summed E-state index contributed by atoms with van der Waals surface area (Å²) in [4.78, 5) is 15.5. The third kappa shape index (κ3) is 4.51. The molecule has 0 saturated carbocycles. The Bertz CT molecular complexity index is 991. The minimum absolute atomic E-state index is 0.659. The number of benzene rings is 2. The highest BCUT2D eigenvalue weighted by molar-refractivity contribution is 5.58. The molecule has 2 aromatic carbocycles. The molecule has 2 heterocycles. The van der Waals surface area contributed by atoms with Gasteiger partial charge in [-0.2, -0.15) is 4.98 Å². The summed E-state index contributed by atoms with van der Waals surface area (Å²) in [5, 5.41) is 3.35. The van der Waals surface area contributed by atoms with Gasteiger partial charge in [0.05, 0.1) is 6.54 Å². The fourth-order valence-electron chi connectivity index (χ4n) is 2.92. The van der Waals surface area contributed by atoms with Crippen molar-refractivity contribution < 1.29 is 0 Å². The van der Waals surface area contributed by atoms with E-state index >= 15 is 0 Å². The fraction of sp³-hybridized carbons (Fsp3) is 0.0870. The molecule has 1 N–H and O–H groups in total. The third-order valence-electron chi connectivity index (χ3n) is 4.33. The molecule has 0 atom stereocenters. The summed E-state index contributed by atoms with van der Waals surface area (Å²) in [6.45, 7) is 1.35. The monoisotopic (exact) mass is 367 g/mol. The van der Waals surface area contributed by atoms with Gasteiger partial charge in [0.2, 0.25) is 5.95 Å². The molecule has 4 aromatic rings. The van der Waals surface area contributed by atoms with Crippen LogP contribution in [-0.4, -0.2) is 15.0 Å². The smallest absolute Gasteiger partial charge is 0.232 e. The fourth-order valence-corrected chi connectivity index (χ4v) is 2.92. The van der Waals surface area contributed by atoms with Crippen molar-refractivity contribution in [2.75, 3.05) is 10.2 Å². The van der Waals surface area contributed by atoms with Crippen molar-refractivity contribution in [3.8, 4) is 0 Å². The summed E-state index contributed by atoms with van der Waals surface area (Å²) >= 11 is 0. The average Bonchev–Trinajstić information content (AvgIpc) is 2.78. The van der Waals surface area contributed by atoms with Crippen LogP contribution >= 0.6 is 0 Å². The predicted octanol–water partition coefficient (Wildman–Crippen LogP) is 4.82. The Balaban J connectivity index is 1.59. The molecule has 0 aliphatic rings. The van der Waals surface area contributed by atoms with Crippen LogP contribution < -0.4 is 10.2 Å². The average molecular weight is 367 g/mol. The summed E-state index contributed by atoms with van der Waals surface area (Å²) in [5.74, 6) is 1.44. The number of anilines is 3. The number of rotatable bonds is 7. The number of aromatic nitrogens is 3. The second-order valence-electron chi connectivity index (χ2n) is 6.36. The van der Waals surface area contributed by atoms with Crippen molar-refractivity contribution in [3.63, 3.8) is 0 Å². The molecule has 0 bridgehead atoms. The Hall–Kier alpha value is -3.73. The van der Waals surface area contributed by atoms with Crippen molar-refractivity contribution in [2.24, 2.45) is 0 Å². The van der Waals surface area contributed by atoms with E-state index in [0.717, 1.165) is 17.1 Å². The van der Waals surface area contributed by atoms with E-state index in [4.69, 9.17) is 4.98 Å². The molecule has 138 valence electrons. The van der Waals surface area contributed by atoms with E-state index in [0.29, 0.717) is 19.0 Å². The van der Waals surface area contributed by atoms with Crippen LogP contribution in [0.2, 0.25) is 0 Å². The first-order chi connectivity index (χ1) is 13.9. The lowest BCUT2D eigenvalue weighted by atomic mass is 10.2. The zero-order valence-corrected chi connectivity index (χ0v) is 15.4. The van der Waals surface area contributed by atoms with Crippen molar-refractivity contribution >= 4 is 17.5 Å². The van der Waals surface area contributed by atoms with Crippen molar-refractivity contribution in [1.29, 1.82) is 0 Å². The largest absolute Gasteiger partial charge is 0.366 e. The molecule has 0 unspecified atom stereocenters. The molecule has 5 heteroatoms. The van der Waals surface area contributed by atoms with Crippen LogP contribution in [-0.2, 0) is 13.1 Å². The first-order valence-electron chi connectivity index (χ1n) is 9.21. The zero-order chi connectivity index (χ0) is 19.0. The zero-order valence-electron chi connectivity index (χ0n) is 15.4. The number of hydrogen-bond donors (Lipinski definition) is 1. The maximum atomic E-state index is 4.74. The Kier molecular flexibility index (Phi) is 5.54. The Morgan fingerprint density at radius 1 is 0.750 bits per heavy atom. The highest BCUT2D eigenvalue weighted by Gasteiger charge is 2.13. The van der Waals surface area contributed by atoms with E-state index in [1.54, 1.807) is 12.4 Å². The van der Waals surface area contributed by atoms with Crippen LogP contribution in [0.3, 0.4) is 0 Å². The van der Waals surface area contributed by atoms with Gasteiger partial charge in [-0.1, -0.05) is 54.6 Å². The number of nitrogens with one attached hydrogen (secondary N) is 1. The summed E-state index contributed by atoms with van der Waals surface area (Å²) < 4.78 is 0. The van der Waals surface area contributed by atoms with Crippen LogP contribution in [0.1, 0.15) is 11.1 Å². The highest BCUT2D eigenvalue weighted by atomic mass is 15.3. The van der Waals surface area contributed by atoms with E-state index in [2.05, 4.69) is 44.5 Å². The van der Waals surface area contributed by atoms with Gasteiger partial charge in [0.1, 0.15) is 5.82 Å². The Labute approximate surface area is 164 Å². The van der Waals surface area contributed by atoms with Gasteiger partial charge in [-0.25, -0.2) is 4.98 Å². The lowest BCUT2D eigenvalue weighted by Crippen LogP contribution is -2.19. The van der Waals surface area contributed by atoms with Gasteiger partial charge in [0, 0.05) is 30.8 Å². The molecule has 0 fully saturated rings. The summed E-state index contributed by atoms with van der Waals surface area (Å²) in [5.41, 5.74) is 3.35. The predicted molar refractivity (Wildman–Crippen MR) is 112 cm³/mol. The summed E-state index contributed by atoms with van der Waals surface area (Å²) in [6, 6.07) is 26.4. The second-order valence-corrected chi connectivity index (χ2v) is 6.36. The van der Waals surface area contributed by atoms with E-state index in [1.165, 1.54) is 5.56 Å². The van der Waals surface area contributed by atoms with Gasteiger partial charge in [-0.3, -0.25) is 4.98 Å². The number of pyridine rings is 1. The molecule has 4 rings (SSSR count). The molecule has 0 saturated heterocycles. The van der Waals surface area contributed by atoms with E-state index in [1.807, 2.05) is 60.8 Å². The van der Waals surface area contributed by atoms with Crippen LogP contribution in [0.4, 0.5) is 17.5 Å². The van der Waals surface area contributed by atoms with Crippen LogP contribution in [0, 0.1) is 0 Å². The van der Waals surface area contributed by atoms with Gasteiger partial charge in [-0.15, -0.1) is 0 Å². The van der Waals surface area contributed by atoms with E-state index in [-0.39, 0.29) is 0 Å². The lowest BCUT2D eigenvalue weighted by Gasteiger charge is -2.23. The molecule has 0 spiro atoms. The van der Waals surface area contributed by atoms with Gasteiger partial charge in [0.25, 0.3) is 0 Å². The van der Waals surface area contributed by atoms with Crippen molar-refractivity contribution in [3.05, 3.63) is 109 Å². The maximum Gasteiger partial charge on any atom is 0.232 e. The van der Waals surface area contributed by atoms with E-state index in [9.17, 15) is 0 Å². The topological polar surface area (TPSA) is 53.9 Å². The number of hydrogen-bond acceptors (Lipinski definition) is 5. The Morgan fingerprint density at radius 2 is 1.50 bits per heavy atom. The third-order valence-corrected chi connectivity index (χ3v) is 4.33. The SMILES string of the molecule is c1ccc(CN(c2ccccc2)c2nccc(NCc3cccnc3)n2)cc1. The highest BCUT2D eigenvalue weighted by Crippen LogP contribution is 2.25. The molecule has 5 nitrogen and oxygen atoms in total. The number of nitrogens with zero attached hydrogens (tertiary/aromatic N) is 4. The van der Waals surface area contributed by atoms with Gasteiger partial charge >= 0.3 is 0 Å². The molecule has 2 aromatic heterocycles. The first kappa shape index (κ1) is 17.7. The molecule has 0 aliphatic heterocycles. The molecule has 28 heavy (non-hydrogen) atoms. The van der Waals surface area contributed by atoms with Crippen LogP contribution in [0.5, 0.6) is 0 Å². The summed E-state index contributed by atoms with van der Waals surface area (Å²) in [7, 11) is 0. The standard InChI is InChI=1S/C23H21N5/c1-3-8-19(9-4-1)18-28(21-11-5-2-6-12-21)23-25-15-13-22(27-23)26-17-20-10-7-14-24-16-20/h1-16H,17-18H2,(H,25,26,27). The normalized spacial score (nSPS) is 10.4. The second kappa shape index (κ2) is 8.77. The van der Waals surface area contributed by atoms with Gasteiger partial charge in [0.15, 0.2) is 0 Å². The van der Waals surface area contributed by atoms with Crippen LogP contribution in [0.15, 0.2) is 97.5 Å². The van der Waals surface area contributed by atoms with Crippen LogP contribution in [0.25, 0.3) is 0 Å². The first-order valence-corrected chi connectivity index (χ1v) is 9.21. The molecule has 0 radical (unpaired) electrons. The lowest BCUT2D eigenvalue weighted by molar-refractivity contribution is 0.909. The maximum absolute atomic E-state index is 4.74. The molecular weight excluding hydrogens is 346 g/mol.